The van der Waals surface area contributed by atoms with Crippen molar-refractivity contribution >= 4 is 21.6 Å². The van der Waals surface area contributed by atoms with Gasteiger partial charge in [-0.3, -0.25) is 4.79 Å². The highest BCUT2D eigenvalue weighted by atomic mass is 32.2. The highest BCUT2D eigenvalue weighted by Crippen LogP contribution is 2.23. The summed E-state index contributed by atoms with van der Waals surface area (Å²) in [5.41, 5.74) is 1.82. The molecule has 2 rings (SSSR count). The minimum Gasteiger partial charge on any atom is -0.361 e. The molecule has 0 aliphatic rings. The van der Waals surface area contributed by atoms with Crippen molar-refractivity contribution in [3.8, 4) is 0 Å². The van der Waals surface area contributed by atoms with Crippen LogP contribution in [0.3, 0.4) is 0 Å². The molecule has 7 nitrogen and oxygen atoms in total. The minimum atomic E-state index is -3.58. The van der Waals surface area contributed by atoms with Crippen LogP contribution in [0.5, 0.6) is 0 Å². The fourth-order valence-corrected chi connectivity index (χ4v) is 3.30. The largest absolute Gasteiger partial charge is 0.361 e. The number of rotatable bonds is 4. The lowest BCUT2D eigenvalue weighted by Gasteiger charge is -2.15. The highest BCUT2D eigenvalue weighted by Gasteiger charge is 2.22. The second-order valence-corrected chi connectivity index (χ2v) is 7.54. The van der Waals surface area contributed by atoms with Gasteiger partial charge in [0.15, 0.2) is 0 Å². The number of sulfonamides is 1. The van der Waals surface area contributed by atoms with E-state index >= 15 is 0 Å². The van der Waals surface area contributed by atoms with Crippen LogP contribution in [-0.2, 0) is 10.0 Å². The molecule has 0 saturated heterocycles. The van der Waals surface area contributed by atoms with Crippen LogP contribution in [0.2, 0.25) is 0 Å². The topological polar surface area (TPSA) is 92.5 Å². The van der Waals surface area contributed by atoms with Crippen LogP contribution in [0.4, 0.5) is 5.69 Å². The number of carbonyl (C=O) groups excluding carboxylic acids is 1. The number of hydrogen-bond acceptors (Lipinski definition) is 5. The number of nitrogens with zero attached hydrogens (tertiary/aromatic N) is 2. The molecule has 1 N–H and O–H groups in total. The smallest absolute Gasteiger partial charge is 0.261 e. The molecule has 1 aromatic heterocycles. The second-order valence-electron chi connectivity index (χ2n) is 5.42. The van der Waals surface area contributed by atoms with Gasteiger partial charge in [-0.2, -0.15) is 0 Å². The second kappa shape index (κ2) is 6.13. The maximum Gasteiger partial charge on any atom is 0.261 e. The quantitative estimate of drug-likeness (QED) is 0.922. The van der Waals surface area contributed by atoms with Crippen LogP contribution in [-0.4, -0.2) is 37.9 Å². The van der Waals surface area contributed by atoms with Gasteiger partial charge < -0.3 is 9.84 Å². The number of aromatic nitrogens is 1. The number of hydrogen-bond donors (Lipinski definition) is 1. The first-order valence-corrected chi connectivity index (χ1v) is 8.36. The molecular formula is C15H19N3O4S. The Kier molecular flexibility index (Phi) is 4.58. The number of benzene rings is 1. The molecule has 0 aliphatic heterocycles. The first-order valence-electron chi connectivity index (χ1n) is 6.92. The average molecular weight is 337 g/mol. The number of anilines is 1. The van der Waals surface area contributed by atoms with E-state index in [4.69, 9.17) is 4.52 Å². The molecule has 0 spiro atoms. The van der Waals surface area contributed by atoms with Crippen LogP contribution in [0.15, 0.2) is 27.6 Å². The number of nitrogens with one attached hydrogen (secondary N) is 1. The third kappa shape index (κ3) is 3.27. The van der Waals surface area contributed by atoms with Gasteiger partial charge in [-0.15, -0.1) is 0 Å². The van der Waals surface area contributed by atoms with E-state index in [9.17, 15) is 13.2 Å². The van der Waals surface area contributed by atoms with Crippen molar-refractivity contribution in [3.05, 3.63) is 40.8 Å². The molecule has 1 aromatic carbocycles. The molecule has 1 heterocycles. The van der Waals surface area contributed by atoms with Gasteiger partial charge in [-0.05, 0) is 38.5 Å². The predicted molar refractivity (Wildman–Crippen MR) is 86.0 cm³/mol. The third-order valence-corrected chi connectivity index (χ3v) is 5.42. The summed E-state index contributed by atoms with van der Waals surface area (Å²) in [6, 6.07) is 4.75. The molecule has 0 saturated carbocycles. The van der Waals surface area contributed by atoms with Gasteiger partial charge in [0.2, 0.25) is 10.0 Å². The SMILES string of the molecule is Cc1ccc(NC(=O)c2c(C)noc2C)cc1S(=O)(=O)N(C)C. The van der Waals surface area contributed by atoms with E-state index in [0.29, 0.717) is 28.3 Å². The average Bonchev–Trinajstić information content (AvgIpc) is 2.79. The molecule has 0 aliphatic carbocycles. The van der Waals surface area contributed by atoms with Crippen molar-refractivity contribution < 1.29 is 17.7 Å². The Labute approximate surface area is 135 Å². The number of amides is 1. The van der Waals surface area contributed by atoms with Crippen LogP contribution >= 0.6 is 0 Å². The number of aryl methyl sites for hydroxylation is 3. The summed E-state index contributed by atoms with van der Waals surface area (Å²) in [5, 5.41) is 6.42. The van der Waals surface area contributed by atoms with E-state index in [0.717, 1.165) is 4.31 Å². The number of carbonyl (C=O) groups is 1. The molecule has 1 amide bonds. The van der Waals surface area contributed by atoms with Gasteiger partial charge in [0.1, 0.15) is 11.3 Å². The van der Waals surface area contributed by atoms with Crippen molar-refractivity contribution in [2.75, 3.05) is 19.4 Å². The van der Waals surface area contributed by atoms with Gasteiger partial charge in [-0.25, -0.2) is 12.7 Å². The van der Waals surface area contributed by atoms with E-state index in [1.165, 1.54) is 20.2 Å². The van der Waals surface area contributed by atoms with Crippen LogP contribution in [0, 0.1) is 20.8 Å². The van der Waals surface area contributed by atoms with E-state index in [1.807, 2.05) is 0 Å². The summed E-state index contributed by atoms with van der Waals surface area (Å²) >= 11 is 0. The first kappa shape index (κ1) is 17.2. The molecule has 124 valence electrons. The molecule has 0 fully saturated rings. The zero-order chi connectivity index (χ0) is 17.4. The lowest BCUT2D eigenvalue weighted by molar-refractivity contribution is 0.102. The maximum absolute atomic E-state index is 12.3. The fraction of sp³-hybridized carbons (Fsp3) is 0.333. The molecular weight excluding hydrogens is 318 g/mol. The Hall–Kier alpha value is -2.19. The maximum atomic E-state index is 12.3. The van der Waals surface area contributed by atoms with Crippen LogP contribution in [0.1, 0.15) is 27.4 Å². The standard InChI is InChI=1S/C15H19N3O4S/c1-9-6-7-12(8-13(9)23(20,21)18(4)5)16-15(19)14-10(2)17-22-11(14)3/h6-8H,1-5H3,(H,16,19). The van der Waals surface area contributed by atoms with Crippen LogP contribution < -0.4 is 5.32 Å². The molecule has 2 aromatic rings. The van der Waals surface area contributed by atoms with Crippen LogP contribution in [0.25, 0.3) is 0 Å². The van der Waals surface area contributed by atoms with E-state index in [-0.39, 0.29) is 4.90 Å². The first-order chi connectivity index (χ1) is 10.6. The molecule has 0 radical (unpaired) electrons. The minimum absolute atomic E-state index is 0.152. The van der Waals surface area contributed by atoms with E-state index in [2.05, 4.69) is 10.5 Å². The summed E-state index contributed by atoms with van der Waals surface area (Å²) in [4.78, 5) is 12.5. The highest BCUT2D eigenvalue weighted by molar-refractivity contribution is 7.89. The van der Waals surface area contributed by atoms with Gasteiger partial charge in [-0.1, -0.05) is 11.2 Å². The third-order valence-electron chi connectivity index (χ3n) is 3.47. The van der Waals surface area contributed by atoms with Crippen molar-refractivity contribution in [1.29, 1.82) is 0 Å². The Morgan fingerprint density at radius 1 is 1.22 bits per heavy atom. The zero-order valence-electron chi connectivity index (χ0n) is 13.7. The Morgan fingerprint density at radius 2 is 1.87 bits per heavy atom. The molecule has 0 unspecified atom stereocenters. The van der Waals surface area contributed by atoms with Crippen molar-refractivity contribution in [2.24, 2.45) is 0 Å². The van der Waals surface area contributed by atoms with Gasteiger partial charge in [0, 0.05) is 19.8 Å². The molecule has 23 heavy (non-hydrogen) atoms. The monoisotopic (exact) mass is 337 g/mol. The molecule has 8 heteroatoms. The zero-order valence-corrected chi connectivity index (χ0v) is 14.5. The molecule has 0 bridgehead atoms. The predicted octanol–water partition coefficient (Wildman–Crippen LogP) is 2.10. The Morgan fingerprint density at radius 3 is 2.39 bits per heavy atom. The lowest BCUT2D eigenvalue weighted by atomic mass is 10.1. The summed E-state index contributed by atoms with van der Waals surface area (Å²) in [6.45, 7) is 5.02. The van der Waals surface area contributed by atoms with E-state index in [1.54, 1.807) is 32.9 Å². The van der Waals surface area contributed by atoms with Crippen molar-refractivity contribution in [3.63, 3.8) is 0 Å². The lowest BCUT2D eigenvalue weighted by Crippen LogP contribution is -2.23. The van der Waals surface area contributed by atoms with Crippen molar-refractivity contribution in [2.45, 2.75) is 25.7 Å². The summed E-state index contributed by atoms with van der Waals surface area (Å²) < 4.78 is 30.7. The normalized spacial score (nSPS) is 11.7. The van der Waals surface area contributed by atoms with Gasteiger partial charge in [0.25, 0.3) is 5.91 Å². The molecule has 0 atom stereocenters. The summed E-state index contributed by atoms with van der Waals surface area (Å²) in [6.07, 6.45) is 0. The van der Waals surface area contributed by atoms with Crippen molar-refractivity contribution in [1.82, 2.24) is 9.46 Å². The van der Waals surface area contributed by atoms with Gasteiger partial charge >= 0.3 is 0 Å². The Balaban J connectivity index is 2.38. The summed E-state index contributed by atoms with van der Waals surface area (Å²) in [7, 11) is -0.660. The van der Waals surface area contributed by atoms with E-state index < -0.39 is 15.9 Å². The summed E-state index contributed by atoms with van der Waals surface area (Å²) in [5.74, 6) is 0.0200. The fourth-order valence-electron chi connectivity index (χ4n) is 2.15. The van der Waals surface area contributed by atoms with Gasteiger partial charge in [0.05, 0.1) is 10.6 Å². The Bertz CT molecular complexity index is 834.